The Morgan fingerprint density at radius 1 is 1.24 bits per heavy atom. The Bertz CT molecular complexity index is 840. The molecule has 0 spiro atoms. The summed E-state index contributed by atoms with van der Waals surface area (Å²) >= 11 is 11.9. The molecule has 1 heterocycles. The predicted octanol–water partition coefficient (Wildman–Crippen LogP) is 5.17. The first-order valence-corrected chi connectivity index (χ1v) is 7.43. The summed E-state index contributed by atoms with van der Waals surface area (Å²) in [5.74, 6) is 0.445. The van der Waals surface area contributed by atoms with Gasteiger partial charge in [0.15, 0.2) is 0 Å². The van der Waals surface area contributed by atoms with E-state index in [1.165, 1.54) is 12.1 Å². The summed E-state index contributed by atoms with van der Waals surface area (Å²) in [6, 6.07) is 8.92. The summed E-state index contributed by atoms with van der Waals surface area (Å²) in [4.78, 5) is 4.46. The number of benzene rings is 2. The van der Waals surface area contributed by atoms with Gasteiger partial charge in [-0.15, -0.1) is 11.6 Å². The van der Waals surface area contributed by atoms with Gasteiger partial charge in [-0.2, -0.15) is 0 Å². The van der Waals surface area contributed by atoms with Crippen LogP contribution < -0.4 is 0 Å². The van der Waals surface area contributed by atoms with Gasteiger partial charge in [0.1, 0.15) is 11.6 Å². The summed E-state index contributed by atoms with van der Waals surface area (Å²) in [6.45, 7) is 4.07. The zero-order valence-electron chi connectivity index (χ0n) is 11.6. The van der Waals surface area contributed by atoms with E-state index in [0.717, 1.165) is 16.8 Å². The molecule has 0 N–H and O–H groups in total. The van der Waals surface area contributed by atoms with Crippen molar-refractivity contribution in [2.45, 2.75) is 19.7 Å². The first-order valence-electron chi connectivity index (χ1n) is 6.52. The van der Waals surface area contributed by atoms with Crippen LogP contribution in [-0.4, -0.2) is 9.55 Å². The second kappa shape index (κ2) is 5.32. The lowest BCUT2D eigenvalue weighted by Gasteiger charge is -2.13. The lowest BCUT2D eigenvalue weighted by atomic mass is 10.1. The molecule has 3 aromatic rings. The lowest BCUT2D eigenvalue weighted by Crippen LogP contribution is -2.02. The topological polar surface area (TPSA) is 17.8 Å². The van der Waals surface area contributed by atoms with Crippen molar-refractivity contribution in [3.8, 4) is 5.69 Å². The molecule has 2 aromatic carbocycles. The number of aryl methyl sites for hydroxylation is 1. The summed E-state index contributed by atoms with van der Waals surface area (Å²) in [7, 11) is 0. The van der Waals surface area contributed by atoms with Gasteiger partial charge in [0.05, 0.1) is 27.6 Å². The number of fused-ring (bicyclic) bond motifs is 1. The minimum atomic E-state index is -0.461. The van der Waals surface area contributed by atoms with Crippen molar-refractivity contribution in [1.29, 1.82) is 0 Å². The highest BCUT2D eigenvalue weighted by Crippen LogP contribution is 2.29. The summed E-state index contributed by atoms with van der Waals surface area (Å²) in [6.07, 6.45) is 0. The Morgan fingerprint density at radius 2 is 2.00 bits per heavy atom. The van der Waals surface area contributed by atoms with E-state index in [4.69, 9.17) is 23.2 Å². The zero-order chi connectivity index (χ0) is 15.1. The molecule has 0 radical (unpaired) electrons. The van der Waals surface area contributed by atoms with E-state index in [1.807, 2.05) is 36.6 Å². The van der Waals surface area contributed by atoms with Crippen LogP contribution in [0.5, 0.6) is 0 Å². The molecule has 3 rings (SSSR count). The third-order valence-corrected chi connectivity index (χ3v) is 4.23. The SMILES string of the molecule is Cc1cccc(-n2c(CCl)nc3cc(Cl)c(F)cc32)c1C. The molecule has 0 amide bonds. The predicted molar refractivity (Wildman–Crippen MR) is 85.1 cm³/mol. The average molecular weight is 323 g/mol. The number of alkyl halides is 1. The van der Waals surface area contributed by atoms with Crippen LogP contribution >= 0.6 is 23.2 Å². The standard InChI is InChI=1S/C16H13Cl2FN2/c1-9-4-3-5-14(10(9)2)21-15-7-12(19)11(18)6-13(15)20-16(21)8-17/h3-7H,8H2,1-2H3. The maximum absolute atomic E-state index is 13.8. The molecule has 0 fully saturated rings. The van der Waals surface area contributed by atoms with E-state index >= 15 is 0 Å². The molecule has 0 saturated heterocycles. The fourth-order valence-electron chi connectivity index (χ4n) is 2.46. The quantitative estimate of drug-likeness (QED) is 0.595. The Hall–Kier alpha value is -1.58. The smallest absolute Gasteiger partial charge is 0.144 e. The van der Waals surface area contributed by atoms with Gasteiger partial charge in [-0.05, 0) is 37.1 Å². The van der Waals surface area contributed by atoms with Crippen molar-refractivity contribution in [2.75, 3.05) is 0 Å². The molecule has 0 saturated carbocycles. The third-order valence-electron chi connectivity index (χ3n) is 3.70. The third kappa shape index (κ3) is 2.30. The highest BCUT2D eigenvalue weighted by molar-refractivity contribution is 6.31. The van der Waals surface area contributed by atoms with Gasteiger partial charge >= 0.3 is 0 Å². The molecule has 1 aromatic heterocycles. The van der Waals surface area contributed by atoms with E-state index < -0.39 is 5.82 Å². The van der Waals surface area contributed by atoms with Gasteiger partial charge in [-0.1, -0.05) is 23.7 Å². The van der Waals surface area contributed by atoms with E-state index in [9.17, 15) is 4.39 Å². The molecule has 21 heavy (non-hydrogen) atoms. The van der Waals surface area contributed by atoms with E-state index in [2.05, 4.69) is 4.98 Å². The number of imidazole rings is 1. The first-order chi connectivity index (χ1) is 10.0. The minimum absolute atomic E-state index is 0.0641. The summed E-state index contributed by atoms with van der Waals surface area (Å²) < 4.78 is 15.7. The van der Waals surface area contributed by atoms with Crippen molar-refractivity contribution >= 4 is 34.2 Å². The monoisotopic (exact) mass is 322 g/mol. The fraction of sp³-hybridized carbons (Fsp3) is 0.188. The Morgan fingerprint density at radius 3 is 2.71 bits per heavy atom. The van der Waals surface area contributed by atoms with Crippen molar-refractivity contribution in [1.82, 2.24) is 9.55 Å². The molecule has 0 bridgehead atoms. The van der Waals surface area contributed by atoms with E-state index in [-0.39, 0.29) is 10.9 Å². The van der Waals surface area contributed by atoms with Crippen LogP contribution in [0.25, 0.3) is 16.7 Å². The molecule has 0 aliphatic rings. The maximum Gasteiger partial charge on any atom is 0.144 e. The van der Waals surface area contributed by atoms with Crippen LogP contribution in [0.15, 0.2) is 30.3 Å². The average Bonchev–Trinajstić information content (AvgIpc) is 2.80. The molecule has 0 aliphatic carbocycles. The molecular weight excluding hydrogens is 310 g/mol. The van der Waals surface area contributed by atoms with Crippen LogP contribution in [0, 0.1) is 19.7 Å². The molecule has 0 unspecified atom stereocenters. The van der Waals surface area contributed by atoms with Crippen LogP contribution in [0.2, 0.25) is 5.02 Å². The molecule has 5 heteroatoms. The molecule has 0 atom stereocenters. The number of hydrogen-bond donors (Lipinski definition) is 0. The van der Waals surface area contributed by atoms with Crippen LogP contribution in [0.3, 0.4) is 0 Å². The van der Waals surface area contributed by atoms with Crippen LogP contribution in [-0.2, 0) is 5.88 Å². The van der Waals surface area contributed by atoms with Crippen molar-refractivity contribution in [3.63, 3.8) is 0 Å². The van der Waals surface area contributed by atoms with Crippen LogP contribution in [0.1, 0.15) is 17.0 Å². The first kappa shape index (κ1) is 14.4. The second-order valence-electron chi connectivity index (χ2n) is 4.97. The van der Waals surface area contributed by atoms with Gasteiger partial charge in [0.2, 0.25) is 0 Å². The van der Waals surface area contributed by atoms with Gasteiger partial charge < -0.3 is 0 Å². The van der Waals surface area contributed by atoms with E-state index in [0.29, 0.717) is 16.9 Å². The highest BCUT2D eigenvalue weighted by atomic mass is 35.5. The van der Waals surface area contributed by atoms with Gasteiger partial charge in [-0.25, -0.2) is 9.37 Å². The zero-order valence-corrected chi connectivity index (χ0v) is 13.1. The molecule has 108 valence electrons. The van der Waals surface area contributed by atoms with Crippen molar-refractivity contribution < 1.29 is 4.39 Å². The van der Waals surface area contributed by atoms with Gasteiger partial charge in [0.25, 0.3) is 0 Å². The van der Waals surface area contributed by atoms with Gasteiger partial charge in [0, 0.05) is 6.07 Å². The maximum atomic E-state index is 13.8. The Labute approximate surface area is 132 Å². The number of halogens is 3. The largest absolute Gasteiger partial charge is 0.295 e. The second-order valence-corrected chi connectivity index (χ2v) is 5.65. The number of nitrogens with zero attached hydrogens (tertiary/aromatic N) is 2. The molecular formula is C16H13Cl2FN2. The van der Waals surface area contributed by atoms with E-state index in [1.54, 1.807) is 0 Å². The molecule has 0 aliphatic heterocycles. The summed E-state index contributed by atoms with van der Waals surface area (Å²) in [5.41, 5.74) is 4.52. The number of rotatable bonds is 2. The fourth-order valence-corrected chi connectivity index (χ4v) is 2.80. The molecule has 2 nitrogen and oxygen atoms in total. The number of aromatic nitrogens is 2. The van der Waals surface area contributed by atoms with Crippen LogP contribution in [0.4, 0.5) is 4.39 Å². The number of hydrogen-bond acceptors (Lipinski definition) is 1. The normalized spacial score (nSPS) is 11.3. The lowest BCUT2D eigenvalue weighted by molar-refractivity contribution is 0.629. The Balaban J connectivity index is 2.40. The van der Waals surface area contributed by atoms with Gasteiger partial charge in [-0.3, -0.25) is 4.57 Å². The summed E-state index contributed by atoms with van der Waals surface area (Å²) in [5, 5.41) is 0.0641. The minimum Gasteiger partial charge on any atom is -0.295 e. The Kier molecular flexibility index (Phi) is 3.64. The highest BCUT2D eigenvalue weighted by Gasteiger charge is 2.16. The van der Waals surface area contributed by atoms with Crippen molar-refractivity contribution in [3.05, 3.63) is 58.1 Å². The van der Waals surface area contributed by atoms with Crippen molar-refractivity contribution in [2.24, 2.45) is 0 Å².